The molecule has 9 heteroatoms. The highest BCUT2D eigenvalue weighted by Crippen LogP contribution is 2.31. The number of hydrazone groups is 1. The van der Waals surface area contributed by atoms with Gasteiger partial charge in [-0.1, -0.05) is 23.2 Å². The SMILES string of the molecule is Nc1c(Cl)c(Cl)[nH+]c(C(=O)N/N=C/c2ccco2)c1Cl. The molecule has 0 fully saturated rings. The van der Waals surface area contributed by atoms with E-state index in [1.54, 1.807) is 12.1 Å². The Hall–Kier alpha value is -1.76. The number of pyridine rings is 1. The monoisotopic (exact) mass is 333 g/mol. The average Bonchev–Trinajstić information content (AvgIpc) is 2.93. The van der Waals surface area contributed by atoms with Crippen molar-refractivity contribution in [3.63, 3.8) is 0 Å². The van der Waals surface area contributed by atoms with Crippen LogP contribution in [0.5, 0.6) is 0 Å². The number of nitrogens with two attached hydrogens (primary N) is 1. The molecule has 0 aliphatic rings. The molecule has 1 amide bonds. The van der Waals surface area contributed by atoms with Crippen LogP contribution in [0.2, 0.25) is 15.2 Å². The molecule has 2 heterocycles. The lowest BCUT2D eigenvalue weighted by atomic mass is 10.3. The maximum atomic E-state index is 11.9. The number of amides is 1. The fourth-order valence-corrected chi connectivity index (χ4v) is 1.91. The Morgan fingerprint density at radius 1 is 1.40 bits per heavy atom. The van der Waals surface area contributed by atoms with E-state index in [-0.39, 0.29) is 26.6 Å². The van der Waals surface area contributed by atoms with Crippen LogP contribution in [-0.4, -0.2) is 12.1 Å². The Morgan fingerprint density at radius 3 is 2.80 bits per heavy atom. The van der Waals surface area contributed by atoms with E-state index in [9.17, 15) is 4.79 Å². The molecule has 0 bridgehead atoms. The third-order valence-electron chi connectivity index (χ3n) is 2.25. The van der Waals surface area contributed by atoms with E-state index in [4.69, 9.17) is 45.0 Å². The second-order valence-electron chi connectivity index (χ2n) is 3.57. The van der Waals surface area contributed by atoms with Crippen LogP contribution >= 0.6 is 34.8 Å². The molecule has 0 aliphatic heterocycles. The number of aromatic nitrogens is 1. The summed E-state index contributed by atoms with van der Waals surface area (Å²) in [6.45, 7) is 0. The van der Waals surface area contributed by atoms with Gasteiger partial charge in [0.05, 0.1) is 18.2 Å². The fourth-order valence-electron chi connectivity index (χ4n) is 1.30. The van der Waals surface area contributed by atoms with Gasteiger partial charge in [0.25, 0.3) is 10.8 Å². The van der Waals surface area contributed by atoms with Gasteiger partial charge in [-0.3, -0.25) is 4.79 Å². The summed E-state index contributed by atoms with van der Waals surface area (Å²) in [7, 11) is 0. The largest absolute Gasteiger partial charge is 0.463 e. The smallest absolute Gasteiger partial charge is 0.337 e. The minimum absolute atomic E-state index is 0.00808. The number of halogens is 3. The molecule has 0 spiro atoms. The number of anilines is 1. The molecule has 4 N–H and O–H groups in total. The summed E-state index contributed by atoms with van der Waals surface area (Å²) >= 11 is 17.5. The Morgan fingerprint density at radius 2 is 2.15 bits per heavy atom. The second-order valence-corrected chi connectivity index (χ2v) is 4.70. The van der Waals surface area contributed by atoms with Crippen LogP contribution in [0.4, 0.5) is 5.69 Å². The molecule has 6 nitrogen and oxygen atoms in total. The number of furan rings is 1. The molecule has 0 radical (unpaired) electrons. The summed E-state index contributed by atoms with van der Waals surface area (Å²) in [5, 5.41) is 3.72. The zero-order valence-electron chi connectivity index (χ0n) is 9.78. The van der Waals surface area contributed by atoms with Gasteiger partial charge in [0, 0.05) is 0 Å². The number of hydrogen-bond donors (Lipinski definition) is 2. The number of nitrogens with one attached hydrogen (secondary N) is 2. The van der Waals surface area contributed by atoms with Crippen LogP contribution in [0.3, 0.4) is 0 Å². The predicted octanol–water partition coefficient (Wildman–Crippen LogP) is 2.40. The number of H-pyrrole nitrogens is 1. The highest BCUT2D eigenvalue weighted by molar-refractivity contribution is 6.45. The average molecular weight is 335 g/mol. The lowest BCUT2D eigenvalue weighted by Gasteiger charge is -2.02. The Balaban J connectivity index is 2.18. The summed E-state index contributed by atoms with van der Waals surface area (Å²) in [5.41, 5.74) is 7.84. The van der Waals surface area contributed by atoms with Crippen LogP contribution in [-0.2, 0) is 0 Å². The predicted molar refractivity (Wildman–Crippen MR) is 76.2 cm³/mol. The molecule has 0 aliphatic carbocycles. The normalized spacial score (nSPS) is 10.9. The molecule has 2 aromatic heterocycles. The van der Waals surface area contributed by atoms with Crippen molar-refractivity contribution in [2.75, 3.05) is 5.73 Å². The highest BCUT2D eigenvalue weighted by atomic mass is 35.5. The lowest BCUT2D eigenvalue weighted by molar-refractivity contribution is -0.379. The molecular formula is C11H8Cl3N4O2+. The van der Waals surface area contributed by atoms with E-state index in [1.165, 1.54) is 12.5 Å². The first kappa shape index (κ1) is 14.6. The minimum Gasteiger partial charge on any atom is -0.463 e. The molecule has 2 rings (SSSR count). The molecule has 0 atom stereocenters. The number of carbonyl (C=O) groups excluding carboxylic acids is 1. The van der Waals surface area contributed by atoms with Crippen LogP contribution < -0.4 is 16.1 Å². The minimum atomic E-state index is -0.622. The van der Waals surface area contributed by atoms with E-state index in [2.05, 4.69) is 15.5 Å². The molecular weight excluding hydrogens is 327 g/mol. The van der Waals surface area contributed by atoms with Crippen molar-refractivity contribution in [2.24, 2.45) is 5.10 Å². The van der Waals surface area contributed by atoms with Gasteiger partial charge in [0.1, 0.15) is 15.8 Å². The van der Waals surface area contributed by atoms with Gasteiger partial charge < -0.3 is 10.2 Å². The van der Waals surface area contributed by atoms with Crippen LogP contribution in [0.25, 0.3) is 0 Å². The van der Waals surface area contributed by atoms with Gasteiger partial charge in [-0.25, -0.2) is 5.43 Å². The van der Waals surface area contributed by atoms with Crippen molar-refractivity contribution < 1.29 is 14.2 Å². The molecule has 104 valence electrons. The maximum Gasteiger partial charge on any atom is 0.337 e. The van der Waals surface area contributed by atoms with Gasteiger partial charge in [-0.05, 0) is 23.7 Å². The third-order valence-corrected chi connectivity index (χ3v) is 3.41. The first-order chi connectivity index (χ1) is 9.50. The number of nitrogens with zero attached hydrogens (tertiary/aromatic N) is 1. The fraction of sp³-hybridized carbons (Fsp3) is 0. The van der Waals surface area contributed by atoms with E-state index in [0.717, 1.165) is 0 Å². The van der Waals surface area contributed by atoms with Crippen molar-refractivity contribution >= 4 is 52.6 Å². The zero-order chi connectivity index (χ0) is 14.7. The molecule has 20 heavy (non-hydrogen) atoms. The Labute approximate surface area is 128 Å². The van der Waals surface area contributed by atoms with Crippen molar-refractivity contribution in [1.82, 2.24) is 5.43 Å². The van der Waals surface area contributed by atoms with Crippen molar-refractivity contribution in [3.8, 4) is 0 Å². The van der Waals surface area contributed by atoms with Crippen LogP contribution in [0.1, 0.15) is 16.2 Å². The van der Waals surface area contributed by atoms with E-state index in [0.29, 0.717) is 5.76 Å². The van der Waals surface area contributed by atoms with Crippen LogP contribution in [0.15, 0.2) is 27.9 Å². The molecule has 0 saturated carbocycles. The summed E-state index contributed by atoms with van der Waals surface area (Å²) < 4.78 is 5.01. The molecule has 0 saturated heterocycles. The molecule has 0 aromatic carbocycles. The quantitative estimate of drug-likeness (QED) is 0.512. The van der Waals surface area contributed by atoms with Gasteiger partial charge >= 0.3 is 5.91 Å². The van der Waals surface area contributed by atoms with E-state index >= 15 is 0 Å². The van der Waals surface area contributed by atoms with Gasteiger partial charge in [-0.2, -0.15) is 10.1 Å². The second kappa shape index (κ2) is 6.13. The van der Waals surface area contributed by atoms with E-state index < -0.39 is 5.91 Å². The van der Waals surface area contributed by atoms with Crippen molar-refractivity contribution in [2.45, 2.75) is 0 Å². The summed E-state index contributed by atoms with van der Waals surface area (Å²) in [6, 6.07) is 3.36. The first-order valence-electron chi connectivity index (χ1n) is 5.23. The number of aromatic amines is 1. The van der Waals surface area contributed by atoms with E-state index in [1.807, 2.05) is 0 Å². The third kappa shape index (κ3) is 3.04. The summed E-state index contributed by atoms with van der Waals surface area (Å²) in [4.78, 5) is 14.4. The Bertz CT molecular complexity index is 671. The highest BCUT2D eigenvalue weighted by Gasteiger charge is 2.25. The maximum absolute atomic E-state index is 11.9. The Kier molecular flexibility index (Phi) is 4.49. The summed E-state index contributed by atoms with van der Waals surface area (Å²) in [5.74, 6) is -0.142. The number of carbonyl (C=O) groups is 1. The molecule has 2 aromatic rings. The van der Waals surface area contributed by atoms with Crippen molar-refractivity contribution in [1.29, 1.82) is 0 Å². The lowest BCUT2D eigenvalue weighted by Crippen LogP contribution is -2.28. The van der Waals surface area contributed by atoms with Crippen molar-refractivity contribution in [3.05, 3.63) is 45.0 Å². The topological polar surface area (TPSA) is 94.8 Å². The standard InChI is InChI=1S/C11H7Cl3N4O2/c12-6-8(15)7(13)10(14)17-9(6)11(19)18-16-4-5-2-1-3-20-5/h1-4H,(H2,15,17)(H,18,19)/p+1/b16-4+. The van der Waals surface area contributed by atoms with Gasteiger partial charge in [0.15, 0.2) is 0 Å². The number of rotatable bonds is 3. The summed E-state index contributed by atoms with van der Waals surface area (Å²) in [6.07, 6.45) is 2.81. The zero-order valence-corrected chi connectivity index (χ0v) is 12.1. The number of hydrogen-bond acceptors (Lipinski definition) is 4. The van der Waals surface area contributed by atoms with Gasteiger partial charge in [-0.15, -0.1) is 0 Å². The van der Waals surface area contributed by atoms with Gasteiger partial charge in [0.2, 0.25) is 0 Å². The van der Waals surface area contributed by atoms with Crippen LogP contribution in [0, 0.1) is 0 Å². The molecule has 0 unspecified atom stereocenters. The number of nitrogen functional groups attached to an aromatic ring is 1. The first-order valence-corrected chi connectivity index (χ1v) is 6.36.